The molecule has 38 heavy (non-hydrogen) atoms. The van der Waals surface area contributed by atoms with Crippen molar-refractivity contribution >= 4 is 32.7 Å². The fourth-order valence-corrected chi connectivity index (χ4v) is 5.33. The highest BCUT2D eigenvalue weighted by atomic mass is 32.1. The standard InChI is InChI=1S/C26H27F2N7O2S/c1-3-29-24(37)34-25-33-21-10-17(18-11-31-23(15(2)36)32-12-18)9-19(22(21)38-25)20-8-16(4-6-30-20)13-35-7-5-26(27,28)14-35/h4,6,8-12,15,36H,3,5,7,13-14H2,1-2H3,(H2,29,33,34,37). The lowest BCUT2D eigenvalue weighted by atomic mass is 10.0. The number of hydrogen-bond acceptors (Lipinski definition) is 8. The van der Waals surface area contributed by atoms with Crippen molar-refractivity contribution in [2.24, 2.45) is 0 Å². The first-order chi connectivity index (χ1) is 18.2. The number of thiazole rings is 1. The van der Waals surface area contributed by atoms with Gasteiger partial charge in [-0.15, -0.1) is 0 Å². The normalized spacial score (nSPS) is 16.0. The number of amides is 2. The van der Waals surface area contributed by atoms with E-state index in [0.29, 0.717) is 41.8 Å². The smallest absolute Gasteiger partial charge is 0.321 e. The molecule has 12 heteroatoms. The van der Waals surface area contributed by atoms with Gasteiger partial charge in [-0.3, -0.25) is 15.2 Å². The molecular weight excluding hydrogens is 512 g/mol. The summed E-state index contributed by atoms with van der Waals surface area (Å²) in [6, 6.07) is 7.22. The van der Waals surface area contributed by atoms with Crippen molar-refractivity contribution < 1.29 is 18.7 Å². The number of urea groups is 1. The number of alkyl halides is 2. The summed E-state index contributed by atoms with van der Waals surface area (Å²) in [6.07, 6.45) is 4.03. The van der Waals surface area contributed by atoms with Gasteiger partial charge in [-0.1, -0.05) is 11.3 Å². The van der Waals surface area contributed by atoms with Gasteiger partial charge in [0, 0.05) is 55.8 Å². The molecule has 4 aromatic rings. The molecule has 3 aromatic heterocycles. The number of nitrogens with zero attached hydrogens (tertiary/aromatic N) is 5. The van der Waals surface area contributed by atoms with Crippen LogP contribution in [0.25, 0.3) is 32.6 Å². The summed E-state index contributed by atoms with van der Waals surface area (Å²) in [4.78, 5) is 31.6. The number of fused-ring (bicyclic) bond motifs is 1. The van der Waals surface area contributed by atoms with Crippen molar-refractivity contribution in [1.29, 1.82) is 0 Å². The van der Waals surface area contributed by atoms with E-state index in [9.17, 15) is 18.7 Å². The second kappa shape index (κ2) is 10.6. The summed E-state index contributed by atoms with van der Waals surface area (Å²) in [5.74, 6) is -2.34. The third kappa shape index (κ3) is 5.77. The number of rotatable bonds is 7. The zero-order valence-electron chi connectivity index (χ0n) is 20.9. The Balaban J connectivity index is 1.55. The number of halogens is 2. The number of carbonyl (C=O) groups excluding carboxylic acids is 1. The number of pyridine rings is 1. The molecule has 1 aliphatic rings. The van der Waals surface area contributed by atoms with Crippen LogP contribution in [0.2, 0.25) is 0 Å². The van der Waals surface area contributed by atoms with Crippen molar-refractivity contribution in [1.82, 2.24) is 30.2 Å². The van der Waals surface area contributed by atoms with Crippen LogP contribution < -0.4 is 10.6 Å². The maximum absolute atomic E-state index is 13.7. The van der Waals surface area contributed by atoms with Gasteiger partial charge in [0.15, 0.2) is 11.0 Å². The number of carbonyl (C=O) groups is 1. The average Bonchev–Trinajstić information content (AvgIpc) is 3.45. The molecular formula is C26H27F2N7O2S. The highest BCUT2D eigenvalue weighted by molar-refractivity contribution is 7.22. The summed E-state index contributed by atoms with van der Waals surface area (Å²) < 4.78 is 28.2. The Morgan fingerprint density at radius 1 is 1.21 bits per heavy atom. The van der Waals surface area contributed by atoms with Crippen LogP contribution >= 0.6 is 11.3 Å². The minimum Gasteiger partial charge on any atom is -0.385 e. The molecule has 5 rings (SSSR count). The largest absolute Gasteiger partial charge is 0.385 e. The Kier molecular flexibility index (Phi) is 7.28. The van der Waals surface area contributed by atoms with E-state index in [1.165, 1.54) is 11.3 Å². The molecule has 0 spiro atoms. The third-order valence-corrected chi connectivity index (χ3v) is 7.20. The monoisotopic (exact) mass is 539 g/mol. The van der Waals surface area contributed by atoms with Crippen LogP contribution in [-0.4, -0.2) is 61.5 Å². The van der Waals surface area contributed by atoms with Gasteiger partial charge in [-0.05, 0) is 49.2 Å². The molecule has 9 nitrogen and oxygen atoms in total. The van der Waals surface area contributed by atoms with Crippen LogP contribution in [0.4, 0.5) is 18.7 Å². The Bertz CT molecular complexity index is 1460. The van der Waals surface area contributed by atoms with Crippen molar-refractivity contribution in [2.45, 2.75) is 38.8 Å². The van der Waals surface area contributed by atoms with Gasteiger partial charge >= 0.3 is 6.03 Å². The highest BCUT2D eigenvalue weighted by Gasteiger charge is 2.37. The van der Waals surface area contributed by atoms with Gasteiger partial charge in [-0.2, -0.15) is 0 Å². The predicted molar refractivity (Wildman–Crippen MR) is 142 cm³/mol. The van der Waals surface area contributed by atoms with E-state index in [1.807, 2.05) is 31.2 Å². The summed E-state index contributed by atoms with van der Waals surface area (Å²) in [6.45, 7) is 4.39. The summed E-state index contributed by atoms with van der Waals surface area (Å²) in [7, 11) is 0. The topological polar surface area (TPSA) is 116 Å². The van der Waals surface area contributed by atoms with Gasteiger partial charge < -0.3 is 10.4 Å². The molecule has 2 amide bonds. The van der Waals surface area contributed by atoms with Crippen LogP contribution in [0.15, 0.2) is 42.9 Å². The van der Waals surface area contributed by atoms with Crippen molar-refractivity contribution in [3.05, 3.63) is 54.2 Å². The molecule has 1 saturated heterocycles. The zero-order valence-corrected chi connectivity index (χ0v) is 21.7. The Morgan fingerprint density at radius 2 is 2.00 bits per heavy atom. The molecule has 0 aliphatic carbocycles. The number of aliphatic hydroxyl groups is 1. The van der Waals surface area contributed by atoms with Crippen LogP contribution in [0.3, 0.4) is 0 Å². The molecule has 1 fully saturated rings. The van der Waals surface area contributed by atoms with Crippen LogP contribution in [0.1, 0.15) is 37.8 Å². The van der Waals surface area contributed by atoms with Gasteiger partial charge in [-0.25, -0.2) is 28.5 Å². The van der Waals surface area contributed by atoms with E-state index in [1.54, 1.807) is 30.4 Å². The molecule has 0 bridgehead atoms. The number of likely N-dealkylation sites (tertiary alicyclic amines) is 1. The van der Waals surface area contributed by atoms with E-state index >= 15 is 0 Å². The van der Waals surface area contributed by atoms with Gasteiger partial charge in [0.05, 0.1) is 22.5 Å². The van der Waals surface area contributed by atoms with Gasteiger partial charge in [0.1, 0.15) is 6.10 Å². The molecule has 0 radical (unpaired) electrons. The Morgan fingerprint density at radius 3 is 2.68 bits per heavy atom. The zero-order chi connectivity index (χ0) is 26.9. The number of nitrogens with one attached hydrogen (secondary N) is 2. The molecule has 3 N–H and O–H groups in total. The number of aromatic nitrogens is 4. The number of aliphatic hydroxyl groups excluding tert-OH is 1. The number of hydrogen-bond donors (Lipinski definition) is 3. The first-order valence-corrected chi connectivity index (χ1v) is 13.1. The molecule has 1 aliphatic heterocycles. The van der Waals surface area contributed by atoms with Crippen molar-refractivity contribution in [3.8, 4) is 22.4 Å². The van der Waals surface area contributed by atoms with Crippen molar-refractivity contribution in [2.75, 3.05) is 25.0 Å². The van der Waals surface area contributed by atoms with Crippen LogP contribution in [-0.2, 0) is 6.54 Å². The lowest BCUT2D eigenvalue weighted by Crippen LogP contribution is -2.28. The SMILES string of the molecule is CCNC(=O)Nc1nc2cc(-c3cnc(C(C)O)nc3)cc(-c3cc(CN4CCC(F)(F)C4)ccn3)c2s1. The highest BCUT2D eigenvalue weighted by Crippen LogP contribution is 2.38. The lowest BCUT2D eigenvalue weighted by Gasteiger charge is -2.16. The lowest BCUT2D eigenvalue weighted by molar-refractivity contribution is 0.0115. The Hall–Kier alpha value is -3.61. The fraction of sp³-hybridized carbons (Fsp3) is 0.346. The molecule has 1 aromatic carbocycles. The van der Waals surface area contributed by atoms with E-state index in [2.05, 4.69) is 30.6 Å². The molecule has 0 saturated carbocycles. The maximum Gasteiger partial charge on any atom is 0.321 e. The fourth-order valence-electron chi connectivity index (χ4n) is 4.37. The third-order valence-electron chi connectivity index (χ3n) is 6.18. The first-order valence-electron chi connectivity index (χ1n) is 12.3. The minimum absolute atomic E-state index is 0.133. The molecule has 4 heterocycles. The second-order valence-corrected chi connectivity index (χ2v) is 10.2. The molecule has 198 valence electrons. The maximum atomic E-state index is 13.7. The van der Waals surface area contributed by atoms with Gasteiger partial charge in [0.2, 0.25) is 0 Å². The summed E-state index contributed by atoms with van der Waals surface area (Å²) in [5, 5.41) is 15.7. The van der Waals surface area contributed by atoms with Gasteiger partial charge in [0.25, 0.3) is 5.92 Å². The predicted octanol–water partition coefficient (Wildman–Crippen LogP) is 4.85. The Labute approximate surface area is 222 Å². The minimum atomic E-state index is -2.65. The second-order valence-electron chi connectivity index (χ2n) is 9.25. The van der Waals surface area contributed by atoms with Crippen LogP contribution in [0, 0.1) is 0 Å². The quantitative estimate of drug-likeness (QED) is 0.307. The number of benzene rings is 1. The van der Waals surface area contributed by atoms with E-state index in [-0.39, 0.29) is 19.0 Å². The van der Waals surface area contributed by atoms with E-state index in [0.717, 1.165) is 27.0 Å². The number of anilines is 1. The summed E-state index contributed by atoms with van der Waals surface area (Å²) in [5.41, 5.74) is 4.48. The summed E-state index contributed by atoms with van der Waals surface area (Å²) >= 11 is 1.32. The molecule has 1 unspecified atom stereocenters. The van der Waals surface area contributed by atoms with Crippen molar-refractivity contribution in [3.63, 3.8) is 0 Å². The molecule has 1 atom stereocenters. The average molecular weight is 540 g/mol. The van der Waals surface area contributed by atoms with Crippen LogP contribution in [0.5, 0.6) is 0 Å². The first kappa shape index (κ1) is 26.0. The van der Waals surface area contributed by atoms with E-state index in [4.69, 9.17) is 0 Å². The van der Waals surface area contributed by atoms with E-state index < -0.39 is 12.0 Å².